The number of hydrogen-bond acceptors (Lipinski definition) is 3. The van der Waals surface area contributed by atoms with E-state index in [-0.39, 0.29) is 17.5 Å². The zero-order valence-electron chi connectivity index (χ0n) is 8.66. The van der Waals surface area contributed by atoms with Gasteiger partial charge >= 0.3 is 5.97 Å². The van der Waals surface area contributed by atoms with Crippen molar-refractivity contribution in [1.29, 1.82) is 0 Å². The van der Waals surface area contributed by atoms with Crippen LogP contribution in [0.2, 0.25) is 0 Å². The highest BCUT2D eigenvalue weighted by Gasteiger charge is 2.55. The third-order valence-electron chi connectivity index (χ3n) is 3.80. The van der Waals surface area contributed by atoms with Crippen LogP contribution < -0.4 is 0 Å². The van der Waals surface area contributed by atoms with Crippen LogP contribution in [-0.2, 0) is 9.53 Å². The van der Waals surface area contributed by atoms with Gasteiger partial charge in [-0.15, -0.1) is 0 Å². The minimum Gasteiger partial charge on any atom is -0.466 e. The Morgan fingerprint density at radius 1 is 1.64 bits per heavy atom. The van der Waals surface area contributed by atoms with Gasteiger partial charge in [-0.05, 0) is 38.5 Å². The lowest BCUT2D eigenvalue weighted by atomic mass is 9.80. The molecule has 0 amide bonds. The van der Waals surface area contributed by atoms with Crippen LogP contribution in [0.25, 0.3) is 0 Å². The van der Waals surface area contributed by atoms with E-state index in [1.54, 1.807) is 0 Å². The van der Waals surface area contributed by atoms with Gasteiger partial charge in [0.15, 0.2) is 0 Å². The molecule has 2 fully saturated rings. The number of esters is 1. The van der Waals surface area contributed by atoms with Crippen LogP contribution in [0.1, 0.15) is 39.0 Å². The molecule has 14 heavy (non-hydrogen) atoms. The minimum absolute atomic E-state index is 0.0703. The summed E-state index contributed by atoms with van der Waals surface area (Å²) in [7, 11) is 0. The molecule has 80 valence electrons. The molecule has 0 spiro atoms. The lowest BCUT2D eigenvalue weighted by Gasteiger charge is -2.26. The molecule has 3 nitrogen and oxygen atoms in total. The molecule has 1 N–H and O–H groups in total. The van der Waals surface area contributed by atoms with Crippen molar-refractivity contribution in [2.24, 2.45) is 11.3 Å². The number of aliphatic hydroxyl groups is 1. The van der Waals surface area contributed by atoms with E-state index >= 15 is 0 Å². The van der Waals surface area contributed by atoms with Gasteiger partial charge in [0.25, 0.3) is 0 Å². The first kappa shape index (κ1) is 9.97. The Labute approximate surface area is 84.4 Å². The summed E-state index contributed by atoms with van der Waals surface area (Å²) in [4.78, 5) is 11.9. The fourth-order valence-corrected chi connectivity index (χ4v) is 3.22. The van der Waals surface area contributed by atoms with Crippen LogP contribution >= 0.6 is 0 Å². The standard InChI is InChI=1S/C11H18O3/c1-2-14-10(13)11-5-3-4-8(11)6-9(12)7-11/h8-9,12H,2-7H2,1H3/t8-,9+,11-/m0/s1. The highest BCUT2D eigenvalue weighted by atomic mass is 16.5. The minimum atomic E-state index is -0.324. The molecule has 2 aliphatic rings. The Morgan fingerprint density at radius 2 is 2.43 bits per heavy atom. The molecule has 3 heteroatoms. The van der Waals surface area contributed by atoms with E-state index in [0.29, 0.717) is 18.9 Å². The third-order valence-corrected chi connectivity index (χ3v) is 3.80. The molecule has 2 rings (SSSR count). The van der Waals surface area contributed by atoms with Crippen LogP contribution in [0.3, 0.4) is 0 Å². The molecule has 0 aromatic heterocycles. The van der Waals surface area contributed by atoms with Gasteiger partial charge in [-0.2, -0.15) is 0 Å². The highest BCUT2D eigenvalue weighted by molar-refractivity contribution is 5.78. The topological polar surface area (TPSA) is 46.5 Å². The summed E-state index contributed by atoms with van der Waals surface area (Å²) in [6.07, 6.45) is 4.22. The van der Waals surface area contributed by atoms with E-state index in [0.717, 1.165) is 25.7 Å². The molecular formula is C11H18O3. The molecule has 0 radical (unpaired) electrons. The maximum absolute atomic E-state index is 11.9. The van der Waals surface area contributed by atoms with Gasteiger partial charge in [0.05, 0.1) is 18.1 Å². The number of rotatable bonds is 2. The second-order valence-corrected chi connectivity index (χ2v) is 4.56. The van der Waals surface area contributed by atoms with Gasteiger partial charge in [-0.3, -0.25) is 4.79 Å². The normalized spacial score (nSPS) is 41.0. The summed E-state index contributed by atoms with van der Waals surface area (Å²) >= 11 is 0. The third kappa shape index (κ3) is 1.34. The van der Waals surface area contributed by atoms with Gasteiger partial charge < -0.3 is 9.84 Å². The monoisotopic (exact) mass is 198 g/mol. The van der Waals surface area contributed by atoms with Crippen LogP contribution in [0.15, 0.2) is 0 Å². The number of fused-ring (bicyclic) bond motifs is 1. The maximum Gasteiger partial charge on any atom is 0.312 e. The van der Waals surface area contributed by atoms with E-state index in [4.69, 9.17) is 4.74 Å². The zero-order valence-corrected chi connectivity index (χ0v) is 8.66. The molecule has 2 aliphatic carbocycles. The molecular weight excluding hydrogens is 180 g/mol. The average molecular weight is 198 g/mol. The number of ether oxygens (including phenoxy) is 1. The van der Waals surface area contributed by atoms with Crippen molar-refractivity contribution in [2.75, 3.05) is 6.61 Å². The van der Waals surface area contributed by atoms with Gasteiger partial charge in [-0.1, -0.05) is 6.42 Å². The predicted octanol–water partition coefficient (Wildman–Crippen LogP) is 1.49. The molecule has 3 atom stereocenters. The number of carbonyl (C=O) groups is 1. The fourth-order valence-electron chi connectivity index (χ4n) is 3.22. The van der Waals surface area contributed by atoms with E-state index in [9.17, 15) is 9.90 Å². The zero-order chi connectivity index (χ0) is 10.2. The highest BCUT2D eigenvalue weighted by Crippen LogP contribution is 2.54. The van der Waals surface area contributed by atoms with Gasteiger partial charge in [0.1, 0.15) is 0 Å². The van der Waals surface area contributed by atoms with Crippen molar-refractivity contribution in [3.63, 3.8) is 0 Å². The van der Waals surface area contributed by atoms with Crippen LogP contribution in [0, 0.1) is 11.3 Å². The summed E-state index contributed by atoms with van der Waals surface area (Å²) in [6.45, 7) is 2.28. The Balaban J connectivity index is 2.15. The SMILES string of the molecule is CCOC(=O)[C@]12CCC[C@H]1C[C@@H](O)C2. The molecule has 2 saturated carbocycles. The van der Waals surface area contributed by atoms with Gasteiger partial charge in [0, 0.05) is 0 Å². The van der Waals surface area contributed by atoms with Crippen LogP contribution in [0.5, 0.6) is 0 Å². The van der Waals surface area contributed by atoms with Crippen molar-refractivity contribution in [2.45, 2.75) is 45.1 Å². The fraction of sp³-hybridized carbons (Fsp3) is 0.909. The molecule has 0 saturated heterocycles. The van der Waals surface area contributed by atoms with E-state index in [1.165, 1.54) is 0 Å². The summed E-state index contributed by atoms with van der Waals surface area (Å²) in [6, 6.07) is 0. The summed E-state index contributed by atoms with van der Waals surface area (Å²) in [5.74, 6) is 0.301. The van der Waals surface area contributed by atoms with Crippen molar-refractivity contribution in [3.05, 3.63) is 0 Å². The van der Waals surface area contributed by atoms with Crippen molar-refractivity contribution < 1.29 is 14.6 Å². The number of hydrogen-bond donors (Lipinski definition) is 1. The Kier molecular flexibility index (Phi) is 2.52. The van der Waals surface area contributed by atoms with Crippen LogP contribution in [-0.4, -0.2) is 23.8 Å². The lowest BCUT2D eigenvalue weighted by molar-refractivity contribution is -0.157. The Morgan fingerprint density at radius 3 is 3.14 bits per heavy atom. The maximum atomic E-state index is 11.9. The smallest absolute Gasteiger partial charge is 0.312 e. The van der Waals surface area contributed by atoms with E-state index in [2.05, 4.69) is 0 Å². The van der Waals surface area contributed by atoms with Crippen molar-refractivity contribution in [3.8, 4) is 0 Å². The molecule has 0 aromatic carbocycles. The largest absolute Gasteiger partial charge is 0.466 e. The molecule has 0 heterocycles. The lowest BCUT2D eigenvalue weighted by Crippen LogP contribution is -2.33. The first-order chi connectivity index (χ1) is 6.69. The summed E-state index contributed by atoms with van der Waals surface area (Å²) < 4.78 is 5.13. The summed E-state index contributed by atoms with van der Waals surface area (Å²) in [5.41, 5.74) is -0.324. The second-order valence-electron chi connectivity index (χ2n) is 4.56. The Hall–Kier alpha value is -0.570. The van der Waals surface area contributed by atoms with Gasteiger partial charge in [-0.25, -0.2) is 0 Å². The molecule has 0 unspecified atom stereocenters. The number of carbonyl (C=O) groups excluding carboxylic acids is 1. The Bertz CT molecular complexity index is 239. The van der Waals surface area contributed by atoms with E-state index in [1.807, 2.05) is 6.92 Å². The van der Waals surface area contributed by atoms with Gasteiger partial charge in [0.2, 0.25) is 0 Å². The first-order valence-electron chi connectivity index (χ1n) is 5.54. The van der Waals surface area contributed by atoms with Crippen LogP contribution in [0.4, 0.5) is 0 Å². The van der Waals surface area contributed by atoms with Crippen molar-refractivity contribution >= 4 is 5.97 Å². The predicted molar refractivity (Wildman–Crippen MR) is 51.6 cm³/mol. The van der Waals surface area contributed by atoms with Crippen molar-refractivity contribution in [1.82, 2.24) is 0 Å². The second kappa shape index (κ2) is 3.54. The molecule has 0 aliphatic heterocycles. The van der Waals surface area contributed by atoms with E-state index < -0.39 is 0 Å². The molecule has 0 bridgehead atoms. The quantitative estimate of drug-likeness (QED) is 0.684. The molecule has 0 aromatic rings. The first-order valence-corrected chi connectivity index (χ1v) is 5.54. The summed E-state index contributed by atoms with van der Waals surface area (Å²) in [5, 5.41) is 9.61. The average Bonchev–Trinajstić information content (AvgIpc) is 2.61. The number of aliphatic hydroxyl groups excluding tert-OH is 1.